The zero-order valence-electron chi connectivity index (χ0n) is 15.1. The molecule has 0 aliphatic heterocycles. The van der Waals surface area contributed by atoms with Crippen LogP contribution < -0.4 is 5.32 Å². The van der Waals surface area contributed by atoms with Crippen molar-refractivity contribution in [1.82, 2.24) is 4.98 Å². The molecule has 0 fully saturated rings. The van der Waals surface area contributed by atoms with Crippen LogP contribution in [-0.2, 0) is 14.3 Å². The summed E-state index contributed by atoms with van der Waals surface area (Å²) in [4.78, 5) is 41.4. The first kappa shape index (κ1) is 21.0. The van der Waals surface area contributed by atoms with Crippen LogP contribution in [-0.4, -0.2) is 36.0 Å². The minimum absolute atomic E-state index is 0.0126. The topological polar surface area (TPSA) is 94.6 Å². The van der Waals surface area contributed by atoms with Gasteiger partial charge in [0, 0.05) is 22.0 Å². The molecule has 0 unspecified atom stereocenters. The van der Waals surface area contributed by atoms with Crippen molar-refractivity contribution in [1.29, 1.82) is 0 Å². The summed E-state index contributed by atoms with van der Waals surface area (Å²) >= 11 is 8.50. The number of thiophene rings is 2. The first-order valence-electron chi connectivity index (χ1n) is 8.41. The number of nitrogens with zero attached hydrogens (tertiary/aromatic N) is 1. The Morgan fingerprint density at radius 2 is 1.97 bits per heavy atom. The Balaban J connectivity index is 1.72. The summed E-state index contributed by atoms with van der Waals surface area (Å²) in [6.45, 7) is 1.37. The number of carbonyl (C=O) groups excluding carboxylic acids is 3. The minimum Gasteiger partial charge on any atom is -0.462 e. The van der Waals surface area contributed by atoms with Gasteiger partial charge in [-0.15, -0.1) is 22.7 Å². The van der Waals surface area contributed by atoms with E-state index in [-0.39, 0.29) is 22.9 Å². The zero-order chi connectivity index (χ0) is 20.8. The van der Waals surface area contributed by atoms with Crippen molar-refractivity contribution < 1.29 is 23.9 Å². The summed E-state index contributed by atoms with van der Waals surface area (Å²) in [6.07, 6.45) is 1.44. The maximum atomic E-state index is 12.4. The van der Waals surface area contributed by atoms with Gasteiger partial charge in [-0.2, -0.15) is 0 Å². The molecule has 0 atom stereocenters. The second-order valence-corrected chi connectivity index (χ2v) is 7.70. The molecule has 1 amide bonds. The summed E-state index contributed by atoms with van der Waals surface area (Å²) in [7, 11) is 0. The highest BCUT2D eigenvalue weighted by Gasteiger charge is 2.23. The molecule has 3 aromatic rings. The van der Waals surface area contributed by atoms with Crippen molar-refractivity contribution in [2.45, 2.75) is 6.92 Å². The van der Waals surface area contributed by atoms with E-state index < -0.39 is 24.5 Å². The average molecular weight is 451 g/mol. The molecule has 0 aliphatic rings. The molecular formula is C19H15ClN2O5S2. The normalized spacial score (nSPS) is 10.4. The third kappa shape index (κ3) is 5.00. The first-order valence-corrected chi connectivity index (χ1v) is 10.5. The Morgan fingerprint density at radius 1 is 1.14 bits per heavy atom. The van der Waals surface area contributed by atoms with Gasteiger partial charge in [-0.1, -0.05) is 17.7 Å². The monoisotopic (exact) mass is 450 g/mol. The Labute approximate surface area is 179 Å². The summed E-state index contributed by atoms with van der Waals surface area (Å²) in [5.74, 6) is -1.90. The highest BCUT2D eigenvalue weighted by Crippen LogP contribution is 2.38. The number of amides is 1. The van der Waals surface area contributed by atoms with Gasteiger partial charge in [-0.05, 0) is 30.5 Å². The number of ether oxygens (including phenoxy) is 2. The van der Waals surface area contributed by atoms with Crippen LogP contribution in [0.5, 0.6) is 0 Å². The van der Waals surface area contributed by atoms with Crippen LogP contribution >= 0.6 is 34.3 Å². The average Bonchev–Trinajstić information content (AvgIpc) is 3.36. The molecule has 0 radical (unpaired) electrons. The van der Waals surface area contributed by atoms with E-state index in [1.165, 1.54) is 41.0 Å². The van der Waals surface area contributed by atoms with Crippen molar-refractivity contribution in [2.24, 2.45) is 0 Å². The van der Waals surface area contributed by atoms with Gasteiger partial charge in [0.2, 0.25) is 0 Å². The molecule has 3 heterocycles. The van der Waals surface area contributed by atoms with Gasteiger partial charge < -0.3 is 14.8 Å². The first-order chi connectivity index (χ1) is 14.0. The number of esters is 2. The molecule has 0 bridgehead atoms. The van der Waals surface area contributed by atoms with Crippen molar-refractivity contribution in [2.75, 3.05) is 18.5 Å². The second kappa shape index (κ2) is 9.64. The lowest BCUT2D eigenvalue weighted by Gasteiger charge is -2.09. The molecule has 1 N–H and O–H groups in total. The quantitative estimate of drug-likeness (QED) is 0.420. The number of anilines is 1. The van der Waals surface area contributed by atoms with Gasteiger partial charge in [0.05, 0.1) is 12.2 Å². The van der Waals surface area contributed by atoms with E-state index in [1.54, 1.807) is 12.3 Å². The third-order valence-corrected chi connectivity index (χ3v) is 5.72. The highest BCUT2D eigenvalue weighted by atomic mass is 35.5. The van der Waals surface area contributed by atoms with Crippen molar-refractivity contribution in [3.63, 3.8) is 0 Å². The Hall–Kier alpha value is -2.75. The van der Waals surface area contributed by atoms with Crippen molar-refractivity contribution in [3.8, 4) is 10.4 Å². The molecule has 0 spiro atoms. The van der Waals surface area contributed by atoms with Gasteiger partial charge in [0.25, 0.3) is 5.91 Å². The summed E-state index contributed by atoms with van der Waals surface area (Å²) in [5.41, 5.74) is 1.01. The summed E-state index contributed by atoms with van der Waals surface area (Å²) < 4.78 is 10.1. The lowest BCUT2D eigenvalue weighted by Crippen LogP contribution is -2.22. The van der Waals surface area contributed by atoms with Gasteiger partial charge in [-0.3, -0.25) is 4.79 Å². The van der Waals surface area contributed by atoms with Crippen LogP contribution in [0.3, 0.4) is 0 Å². The standard InChI is InChI=1S/C19H15ClN2O5S2/c1-2-26-19(25)15-12(13-6-4-8-28-13)10-29-17(15)22-14(23)9-27-18(24)11-5-3-7-21-16(11)20/h3-8,10H,2,9H2,1H3,(H,22,23). The van der Waals surface area contributed by atoms with E-state index in [2.05, 4.69) is 10.3 Å². The number of pyridine rings is 1. The maximum absolute atomic E-state index is 12.4. The van der Waals surface area contributed by atoms with Crippen LogP contribution in [0.15, 0.2) is 41.2 Å². The fourth-order valence-electron chi connectivity index (χ4n) is 2.38. The molecule has 7 nitrogen and oxygen atoms in total. The number of nitrogens with one attached hydrogen (secondary N) is 1. The maximum Gasteiger partial charge on any atom is 0.341 e. The predicted molar refractivity (Wildman–Crippen MR) is 112 cm³/mol. The molecule has 10 heteroatoms. The molecule has 0 saturated carbocycles. The van der Waals surface area contributed by atoms with Crippen LogP contribution in [0.1, 0.15) is 27.6 Å². The lowest BCUT2D eigenvalue weighted by atomic mass is 10.1. The Bertz CT molecular complexity index is 1030. The fraction of sp³-hybridized carbons (Fsp3) is 0.158. The summed E-state index contributed by atoms with van der Waals surface area (Å²) in [6, 6.07) is 6.72. The van der Waals surface area contributed by atoms with E-state index in [1.807, 2.05) is 17.5 Å². The number of hydrogen-bond donors (Lipinski definition) is 1. The molecule has 29 heavy (non-hydrogen) atoms. The van der Waals surface area contributed by atoms with Crippen LogP contribution in [0.25, 0.3) is 10.4 Å². The fourth-order valence-corrected chi connectivity index (χ4v) is 4.36. The van der Waals surface area contributed by atoms with E-state index >= 15 is 0 Å². The highest BCUT2D eigenvalue weighted by molar-refractivity contribution is 7.17. The van der Waals surface area contributed by atoms with Crippen LogP contribution in [0.2, 0.25) is 5.15 Å². The largest absolute Gasteiger partial charge is 0.462 e. The van der Waals surface area contributed by atoms with Crippen molar-refractivity contribution >= 4 is 57.1 Å². The molecule has 3 aromatic heterocycles. The molecule has 3 rings (SSSR count). The number of halogens is 1. The molecule has 0 aliphatic carbocycles. The van der Waals surface area contributed by atoms with Gasteiger partial charge in [-0.25, -0.2) is 14.6 Å². The SMILES string of the molecule is CCOC(=O)c1c(-c2cccs2)csc1NC(=O)COC(=O)c1cccnc1Cl. The van der Waals surface area contributed by atoms with Crippen LogP contribution in [0.4, 0.5) is 5.00 Å². The van der Waals surface area contributed by atoms with E-state index in [9.17, 15) is 14.4 Å². The van der Waals surface area contributed by atoms with Gasteiger partial charge in [0.1, 0.15) is 15.7 Å². The Kier molecular flexibility index (Phi) is 6.97. The number of aromatic nitrogens is 1. The number of rotatable bonds is 7. The van der Waals surface area contributed by atoms with Crippen LogP contribution in [0, 0.1) is 0 Å². The smallest absolute Gasteiger partial charge is 0.341 e. The van der Waals surface area contributed by atoms with Crippen molar-refractivity contribution in [3.05, 3.63) is 57.5 Å². The predicted octanol–water partition coefficient (Wildman–Crippen LogP) is 4.50. The van der Waals surface area contributed by atoms with E-state index in [0.29, 0.717) is 10.6 Å². The number of hydrogen-bond acceptors (Lipinski definition) is 8. The molecular weight excluding hydrogens is 436 g/mol. The zero-order valence-corrected chi connectivity index (χ0v) is 17.5. The third-order valence-electron chi connectivity index (χ3n) is 3.62. The molecule has 150 valence electrons. The minimum atomic E-state index is -0.769. The lowest BCUT2D eigenvalue weighted by molar-refractivity contribution is -0.119. The Morgan fingerprint density at radius 3 is 2.66 bits per heavy atom. The molecule has 0 saturated heterocycles. The van der Waals surface area contributed by atoms with Gasteiger partial charge in [0.15, 0.2) is 6.61 Å². The summed E-state index contributed by atoms with van der Waals surface area (Å²) in [5, 5.41) is 6.59. The van der Waals surface area contributed by atoms with E-state index in [0.717, 1.165) is 4.88 Å². The van der Waals surface area contributed by atoms with Gasteiger partial charge >= 0.3 is 11.9 Å². The second-order valence-electron chi connectivity index (χ2n) is 5.52. The van der Waals surface area contributed by atoms with E-state index in [4.69, 9.17) is 21.1 Å². The number of carbonyl (C=O) groups is 3. The molecule has 0 aromatic carbocycles.